The van der Waals surface area contributed by atoms with Gasteiger partial charge >= 0.3 is 13.2 Å². The van der Waals surface area contributed by atoms with Crippen molar-refractivity contribution in [2.24, 2.45) is 0 Å². The van der Waals surface area contributed by atoms with Crippen LogP contribution in [0.3, 0.4) is 0 Å². The number of piperidine rings is 1. The Labute approximate surface area is 180 Å². The van der Waals surface area contributed by atoms with Gasteiger partial charge in [0.25, 0.3) is 0 Å². The van der Waals surface area contributed by atoms with Gasteiger partial charge in [-0.3, -0.25) is 4.68 Å². The normalized spacial score (nSPS) is 22.7. The number of rotatable bonds is 5. The van der Waals surface area contributed by atoms with Crippen LogP contribution in [0.15, 0.2) is 12.4 Å². The van der Waals surface area contributed by atoms with Crippen LogP contribution < -0.4 is 16.1 Å². The molecular formula is C21H37BN4O4. The van der Waals surface area contributed by atoms with E-state index in [1.165, 1.54) is 0 Å². The van der Waals surface area contributed by atoms with Crippen LogP contribution in [0.5, 0.6) is 0 Å². The van der Waals surface area contributed by atoms with Gasteiger partial charge in [-0.05, 0) is 80.8 Å². The number of nitrogens with one attached hydrogen (secondary N) is 2. The molecule has 0 atom stereocenters. The predicted molar refractivity (Wildman–Crippen MR) is 117 cm³/mol. The van der Waals surface area contributed by atoms with Crippen LogP contribution in [0.1, 0.15) is 67.7 Å². The van der Waals surface area contributed by atoms with E-state index in [0.717, 1.165) is 37.8 Å². The van der Waals surface area contributed by atoms with E-state index in [-0.39, 0.29) is 22.8 Å². The van der Waals surface area contributed by atoms with Crippen molar-refractivity contribution >= 4 is 18.7 Å². The molecule has 0 aliphatic carbocycles. The maximum absolute atomic E-state index is 12.0. The minimum Gasteiger partial charge on any atom is -0.444 e. The first-order chi connectivity index (χ1) is 13.8. The Morgan fingerprint density at radius 3 is 2.40 bits per heavy atom. The lowest BCUT2D eigenvalue weighted by Crippen LogP contribution is -2.47. The molecule has 0 aromatic carbocycles. The fourth-order valence-corrected chi connectivity index (χ4v) is 3.89. The van der Waals surface area contributed by atoms with E-state index in [4.69, 9.17) is 19.1 Å². The summed E-state index contributed by atoms with van der Waals surface area (Å²) in [4.78, 5) is 12.0. The molecule has 2 aliphatic heterocycles. The number of alkyl carbamates (subject to hydrolysis) is 1. The first kappa shape index (κ1) is 23.1. The minimum absolute atomic E-state index is 0.165. The second-order valence-electron chi connectivity index (χ2n) is 10.5. The first-order valence-electron chi connectivity index (χ1n) is 10.9. The minimum atomic E-state index is -0.504. The van der Waals surface area contributed by atoms with Gasteiger partial charge in [-0.1, -0.05) is 0 Å². The predicted octanol–water partition coefficient (Wildman–Crippen LogP) is 2.18. The van der Waals surface area contributed by atoms with E-state index in [2.05, 4.69) is 10.6 Å². The number of amides is 1. The Morgan fingerprint density at radius 2 is 1.83 bits per heavy atom. The zero-order valence-corrected chi connectivity index (χ0v) is 19.5. The van der Waals surface area contributed by atoms with Gasteiger partial charge in [-0.15, -0.1) is 0 Å². The number of hydrogen-bond donors (Lipinski definition) is 2. The highest BCUT2D eigenvalue weighted by Gasteiger charge is 2.52. The fraction of sp³-hybridized carbons (Fsp3) is 0.810. The number of carbonyl (C=O) groups is 1. The van der Waals surface area contributed by atoms with Gasteiger partial charge in [-0.25, -0.2) is 4.79 Å². The van der Waals surface area contributed by atoms with Gasteiger partial charge in [0.1, 0.15) is 5.60 Å². The molecular weight excluding hydrogens is 383 g/mol. The van der Waals surface area contributed by atoms with E-state index in [1.54, 1.807) is 0 Å². The number of carbonyl (C=O) groups excluding carboxylic acids is 1. The molecule has 0 spiro atoms. The van der Waals surface area contributed by atoms with Crippen molar-refractivity contribution in [3.05, 3.63) is 12.4 Å². The molecule has 30 heavy (non-hydrogen) atoms. The molecule has 2 fully saturated rings. The Hall–Kier alpha value is -1.58. The zero-order chi connectivity index (χ0) is 22.2. The Balaban J connectivity index is 1.70. The van der Waals surface area contributed by atoms with E-state index in [9.17, 15) is 4.79 Å². The van der Waals surface area contributed by atoms with Crippen molar-refractivity contribution in [1.29, 1.82) is 0 Å². The summed E-state index contributed by atoms with van der Waals surface area (Å²) in [5, 5.41) is 11.0. The third-order valence-corrected chi connectivity index (χ3v) is 6.41. The quantitative estimate of drug-likeness (QED) is 0.711. The Morgan fingerprint density at radius 1 is 1.23 bits per heavy atom. The maximum atomic E-state index is 12.0. The summed E-state index contributed by atoms with van der Waals surface area (Å²) in [5.41, 5.74) is -0.516. The lowest BCUT2D eigenvalue weighted by atomic mass is 9.81. The molecule has 168 valence electrons. The Kier molecular flexibility index (Phi) is 6.29. The second-order valence-corrected chi connectivity index (χ2v) is 10.5. The van der Waals surface area contributed by atoms with Gasteiger partial charge in [0.05, 0.1) is 16.7 Å². The van der Waals surface area contributed by atoms with E-state index < -0.39 is 12.7 Å². The van der Waals surface area contributed by atoms with E-state index >= 15 is 0 Å². The zero-order valence-electron chi connectivity index (χ0n) is 19.5. The van der Waals surface area contributed by atoms with Gasteiger partial charge in [0, 0.05) is 24.4 Å². The molecule has 0 bridgehead atoms. The lowest BCUT2D eigenvalue weighted by molar-refractivity contribution is 0.00578. The molecule has 1 aromatic heterocycles. The van der Waals surface area contributed by atoms with Gasteiger partial charge < -0.3 is 24.7 Å². The largest absolute Gasteiger partial charge is 0.498 e. The molecule has 2 aliphatic rings. The molecule has 9 heteroatoms. The van der Waals surface area contributed by atoms with Crippen LogP contribution in [-0.2, 0) is 19.6 Å². The SMILES string of the molecule is CC(C)(C)OC(=O)NCCC1(n2cc(B3OC(C)(C)C(C)(C)O3)cn2)CCNCC1. The lowest BCUT2D eigenvalue weighted by Gasteiger charge is -2.38. The number of aromatic nitrogens is 2. The van der Waals surface area contributed by atoms with Crippen LogP contribution in [-0.4, -0.2) is 59.4 Å². The Bertz CT molecular complexity index is 734. The van der Waals surface area contributed by atoms with Gasteiger partial charge in [-0.2, -0.15) is 5.10 Å². The summed E-state index contributed by atoms with van der Waals surface area (Å²) in [6, 6.07) is 0. The van der Waals surface area contributed by atoms with Crippen molar-refractivity contribution in [2.45, 2.75) is 90.1 Å². The monoisotopic (exact) mass is 420 g/mol. The topological polar surface area (TPSA) is 86.6 Å². The summed E-state index contributed by atoms with van der Waals surface area (Å²) in [6.45, 7) is 16.1. The second kappa shape index (κ2) is 8.17. The van der Waals surface area contributed by atoms with Crippen LogP contribution in [0, 0.1) is 0 Å². The molecule has 8 nitrogen and oxygen atoms in total. The summed E-state index contributed by atoms with van der Waals surface area (Å²) >= 11 is 0. The highest BCUT2D eigenvalue weighted by atomic mass is 16.7. The molecule has 0 saturated carbocycles. The molecule has 3 rings (SSSR count). The number of nitrogens with zero attached hydrogens (tertiary/aromatic N) is 2. The van der Waals surface area contributed by atoms with Crippen LogP contribution in [0.2, 0.25) is 0 Å². The van der Waals surface area contributed by atoms with Crippen molar-refractivity contribution in [3.8, 4) is 0 Å². The van der Waals surface area contributed by atoms with E-state index in [1.807, 2.05) is 65.5 Å². The van der Waals surface area contributed by atoms with Crippen molar-refractivity contribution in [1.82, 2.24) is 20.4 Å². The van der Waals surface area contributed by atoms with E-state index in [0.29, 0.717) is 6.54 Å². The van der Waals surface area contributed by atoms with Crippen LogP contribution in [0.4, 0.5) is 4.79 Å². The summed E-state index contributed by atoms with van der Waals surface area (Å²) < 4.78 is 19.8. The average Bonchev–Trinajstić information content (AvgIpc) is 3.17. The molecule has 0 radical (unpaired) electrons. The van der Waals surface area contributed by atoms with Crippen molar-refractivity contribution in [2.75, 3.05) is 19.6 Å². The number of ether oxygens (including phenoxy) is 1. The maximum Gasteiger partial charge on any atom is 0.498 e. The molecule has 2 N–H and O–H groups in total. The standard InChI is InChI=1S/C21H37BN4O4/c1-18(2,3)28-17(27)24-13-10-21(8-11-23-12-9-21)26-15-16(14-25-26)22-29-19(4,5)20(6,7)30-22/h14-15,23H,8-13H2,1-7H3,(H,24,27). The molecule has 3 heterocycles. The molecule has 1 aromatic rings. The summed E-state index contributed by atoms with van der Waals surface area (Å²) in [7, 11) is -0.428. The first-order valence-corrected chi connectivity index (χ1v) is 10.9. The fourth-order valence-electron chi connectivity index (χ4n) is 3.89. The molecule has 1 amide bonds. The van der Waals surface area contributed by atoms with Gasteiger partial charge in [0.15, 0.2) is 0 Å². The highest BCUT2D eigenvalue weighted by molar-refractivity contribution is 6.62. The van der Waals surface area contributed by atoms with Gasteiger partial charge in [0.2, 0.25) is 0 Å². The third-order valence-electron chi connectivity index (χ3n) is 6.41. The highest BCUT2D eigenvalue weighted by Crippen LogP contribution is 2.37. The van der Waals surface area contributed by atoms with Crippen molar-refractivity contribution in [3.63, 3.8) is 0 Å². The molecule has 0 unspecified atom stereocenters. The molecule has 2 saturated heterocycles. The summed E-state index contributed by atoms with van der Waals surface area (Å²) in [6.07, 6.45) is 6.15. The smallest absolute Gasteiger partial charge is 0.444 e. The third kappa shape index (κ3) is 5.00. The van der Waals surface area contributed by atoms with Crippen LogP contribution in [0.25, 0.3) is 0 Å². The number of hydrogen-bond acceptors (Lipinski definition) is 6. The average molecular weight is 420 g/mol. The summed E-state index contributed by atoms with van der Waals surface area (Å²) in [5.74, 6) is 0. The van der Waals surface area contributed by atoms with Crippen molar-refractivity contribution < 1.29 is 18.8 Å². The van der Waals surface area contributed by atoms with Crippen LogP contribution >= 0.6 is 0 Å².